The molecule has 0 spiro atoms. The fraction of sp³-hybridized carbons (Fsp3) is 0.786. The third-order valence-electron chi connectivity index (χ3n) is 3.92. The Morgan fingerprint density at radius 3 is 3.06 bits per heavy atom. The number of carbonyl (C=O) groups excluding carboxylic acids is 1. The Morgan fingerprint density at radius 2 is 2.35 bits per heavy atom. The zero-order valence-corrected chi connectivity index (χ0v) is 10.7. The highest BCUT2D eigenvalue weighted by Gasteiger charge is 2.40. The molecule has 3 heteroatoms. The lowest BCUT2D eigenvalue weighted by molar-refractivity contribution is -0.0346. The molecule has 0 aromatic carbocycles. The van der Waals surface area contributed by atoms with Gasteiger partial charge in [0.15, 0.2) is 0 Å². The monoisotopic (exact) mass is 237 g/mol. The SMILES string of the molecule is C=CC[C@@H]1CCC[C@H]2C[C@@H](CCC)OC(=O)N12. The maximum absolute atomic E-state index is 12.1. The van der Waals surface area contributed by atoms with E-state index in [0.29, 0.717) is 12.1 Å². The van der Waals surface area contributed by atoms with Gasteiger partial charge in [0.1, 0.15) is 6.10 Å². The molecule has 0 aliphatic carbocycles. The minimum Gasteiger partial charge on any atom is -0.446 e. The molecule has 2 rings (SSSR count). The van der Waals surface area contributed by atoms with Gasteiger partial charge in [0.05, 0.1) is 0 Å². The molecule has 17 heavy (non-hydrogen) atoms. The summed E-state index contributed by atoms with van der Waals surface area (Å²) in [6, 6.07) is 0.729. The third kappa shape index (κ3) is 2.64. The number of carbonyl (C=O) groups is 1. The van der Waals surface area contributed by atoms with Crippen LogP contribution in [0.3, 0.4) is 0 Å². The lowest BCUT2D eigenvalue weighted by Gasteiger charge is -2.46. The van der Waals surface area contributed by atoms with Crippen LogP contribution in [0.15, 0.2) is 12.7 Å². The molecular weight excluding hydrogens is 214 g/mol. The van der Waals surface area contributed by atoms with Gasteiger partial charge in [-0.25, -0.2) is 4.79 Å². The van der Waals surface area contributed by atoms with Crippen LogP contribution in [-0.4, -0.2) is 29.2 Å². The summed E-state index contributed by atoms with van der Waals surface area (Å²) < 4.78 is 5.53. The number of piperidine rings is 1. The largest absolute Gasteiger partial charge is 0.446 e. The van der Waals surface area contributed by atoms with Gasteiger partial charge in [-0.05, 0) is 32.1 Å². The molecule has 0 aromatic rings. The van der Waals surface area contributed by atoms with E-state index >= 15 is 0 Å². The predicted octanol–water partition coefficient (Wildman–Crippen LogP) is 3.49. The van der Waals surface area contributed by atoms with Crippen LogP contribution in [0.1, 0.15) is 51.9 Å². The van der Waals surface area contributed by atoms with E-state index in [2.05, 4.69) is 13.5 Å². The Balaban J connectivity index is 2.04. The minimum atomic E-state index is -0.0914. The second kappa shape index (κ2) is 5.56. The normalized spacial score (nSPS) is 32.9. The number of amides is 1. The van der Waals surface area contributed by atoms with Crippen molar-refractivity contribution in [2.75, 3.05) is 0 Å². The number of hydrogen-bond acceptors (Lipinski definition) is 2. The van der Waals surface area contributed by atoms with Crippen molar-refractivity contribution in [2.45, 2.75) is 70.1 Å². The van der Waals surface area contributed by atoms with Crippen molar-refractivity contribution in [2.24, 2.45) is 0 Å². The fourth-order valence-corrected chi connectivity index (χ4v) is 3.17. The van der Waals surface area contributed by atoms with E-state index in [9.17, 15) is 4.79 Å². The molecule has 0 radical (unpaired) electrons. The zero-order valence-electron chi connectivity index (χ0n) is 10.7. The topological polar surface area (TPSA) is 29.5 Å². The summed E-state index contributed by atoms with van der Waals surface area (Å²) in [4.78, 5) is 14.1. The molecular formula is C14H23NO2. The molecule has 2 saturated heterocycles. The zero-order chi connectivity index (χ0) is 12.3. The van der Waals surface area contributed by atoms with Crippen molar-refractivity contribution in [3.05, 3.63) is 12.7 Å². The second-order valence-corrected chi connectivity index (χ2v) is 5.20. The van der Waals surface area contributed by atoms with Crippen LogP contribution in [0.5, 0.6) is 0 Å². The van der Waals surface area contributed by atoms with Crippen LogP contribution in [0.2, 0.25) is 0 Å². The lowest BCUT2D eigenvalue weighted by atomic mass is 9.89. The fourth-order valence-electron chi connectivity index (χ4n) is 3.17. The van der Waals surface area contributed by atoms with Crippen molar-refractivity contribution in [3.63, 3.8) is 0 Å². The molecule has 96 valence electrons. The molecule has 2 aliphatic heterocycles. The van der Waals surface area contributed by atoms with Gasteiger partial charge < -0.3 is 9.64 Å². The summed E-state index contributed by atoms with van der Waals surface area (Å²) in [5.74, 6) is 0. The summed E-state index contributed by atoms with van der Waals surface area (Å²) in [5, 5.41) is 0. The molecule has 3 nitrogen and oxygen atoms in total. The quantitative estimate of drug-likeness (QED) is 0.700. The van der Waals surface area contributed by atoms with E-state index in [1.807, 2.05) is 11.0 Å². The maximum Gasteiger partial charge on any atom is 0.410 e. The van der Waals surface area contributed by atoms with Crippen LogP contribution in [0.25, 0.3) is 0 Å². The highest BCUT2D eigenvalue weighted by Crippen LogP contribution is 2.33. The first-order valence-electron chi connectivity index (χ1n) is 6.86. The molecule has 0 bridgehead atoms. The van der Waals surface area contributed by atoms with E-state index in [4.69, 9.17) is 4.74 Å². The van der Waals surface area contributed by atoms with E-state index in [-0.39, 0.29) is 12.2 Å². The molecule has 1 amide bonds. The molecule has 2 heterocycles. The molecule has 2 aliphatic rings. The Hall–Kier alpha value is -0.990. The van der Waals surface area contributed by atoms with Crippen LogP contribution in [0.4, 0.5) is 4.79 Å². The van der Waals surface area contributed by atoms with Crippen LogP contribution in [0, 0.1) is 0 Å². The van der Waals surface area contributed by atoms with Crippen molar-refractivity contribution in [1.29, 1.82) is 0 Å². The van der Waals surface area contributed by atoms with Crippen LogP contribution in [-0.2, 0) is 4.74 Å². The summed E-state index contributed by atoms with van der Waals surface area (Å²) in [6.07, 6.45) is 9.44. The Labute approximate surface area is 104 Å². The number of rotatable bonds is 4. The first-order chi connectivity index (χ1) is 8.26. The number of hydrogen-bond donors (Lipinski definition) is 0. The standard InChI is InChI=1S/C14H23NO2/c1-3-6-11-8-5-9-12-10-13(7-4-2)17-14(16)15(11)12/h3,11-13H,1,4-10H2,2H3/t11-,12+,13-/m1/s1. The number of nitrogens with zero attached hydrogens (tertiary/aromatic N) is 1. The summed E-state index contributed by atoms with van der Waals surface area (Å²) in [6.45, 7) is 5.92. The molecule has 0 saturated carbocycles. The molecule has 0 N–H and O–H groups in total. The van der Waals surface area contributed by atoms with E-state index < -0.39 is 0 Å². The van der Waals surface area contributed by atoms with Gasteiger partial charge in [0, 0.05) is 18.5 Å². The van der Waals surface area contributed by atoms with Crippen LogP contribution >= 0.6 is 0 Å². The number of cyclic esters (lactones) is 1. The Bertz CT molecular complexity index is 290. The summed E-state index contributed by atoms with van der Waals surface area (Å²) in [5.41, 5.74) is 0. The maximum atomic E-state index is 12.1. The predicted molar refractivity (Wildman–Crippen MR) is 67.9 cm³/mol. The van der Waals surface area contributed by atoms with E-state index in [1.165, 1.54) is 6.42 Å². The first-order valence-corrected chi connectivity index (χ1v) is 6.86. The molecule has 2 fully saturated rings. The summed E-state index contributed by atoms with van der Waals surface area (Å²) in [7, 11) is 0. The lowest BCUT2D eigenvalue weighted by Crippen LogP contribution is -2.55. The van der Waals surface area contributed by atoms with Gasteiger partial charge in [-0.1, -0.05) is 19.4 Å². The number of ether oxygens (including phenoxy) is 1. The Morgan fingerprint density at radius 1 is 1.53 bits per heavy atom. The second-order valence-electron chi connectivity index (χ2n) is 5.20. The molecule has 0 unspecified atom stereocenters. The average molecular weight is 237 g/mol. The highest BCUT2D eigenvalue weighted by atomic mass is 16.6. The Kier molecular flexibility index (Phi) is 4.08. The van der Waals surface area contributed by atoms with Crippen molar-refractivity contribution < 1.29 is 9.53 Å². The van der Waals surface area contributed by atoms with Gasteiger partial charge in [0.2, 0.25) is 0 Å². The number of fused-ring (bicyclic) bond motifs is 1. The molecule has 3 atom stereocenters. The van der Waals surface area contributed by atoms with E-state index in [0.717, 1.165) is 38.5 Å². The minimum absolute atomic E-state index is 0.0914. The van der Waals surface area contributed by atoms with E-state index in [1.54, 1.807) is 0 Å². The summed E-state index contributed by atoms with van der Waals surface area (Å²) >= 11 is 0. The van der Waals surface area contributed by atoms with Gasteiger partial charge >= 0.3 is 6.09 Å². The van der Waals surface area contributed by atoms with Crippen molar-refractivity contribution >= 4 is 6.09 Å². The average Bonchev–Trinajstić information content (AvgIpc) is 2.29. The van der Waals surface area contributed by atoms with Gasteiger partial charge in [0.25, 0.3) is 0 Å². The van der Waals surface area contributed by atoms with Gasteiger partial charge in [-0.15, -0.1) is 6.58 Å². The van der Waals surface area contributed by atoms with Gasteiger partial charge in [-0.3, -0.25) is 0 Å². The molecule has 0 aromatic heterocycles. The van der Waals surface area contributed by atoms with Crippen molar-refractivity contribution in [3.8, 4) is 0 Å². The third-order valence-corrected chi connectivity index (χ3v) is 3.92. The smallest absolute Gasteiger partial charge is 0.410 e. The highest BCUT2D eigenvalue weighted by molar-refractivity contribution is 5.69. The van der Waals surface area contributed by atoms with Gasteiger partial charge in [-0.2, -0.15) is 0 Å². The first kappa shape index (κ1) is 12.5. The van der Waals surface area contributed by atoms with Crippen LogP contribution < -0.4 is 0 Å². The van der Waals surface area contributed by atoms with Crippen molar-refractivity contribution in [1.82, 2.24) is 4.90 Å².